The molecule has 0 saturated carbocycles. The molecule has 108 valence electrons. The molecule has 21 heavy (non-hydrogen) atoms. The van der Waals surface area contributed by atoms with E-state index in [0.717, 1.165) is 22.4 Å². The molecule has 2 heterocycles. The summed E-state index contributed by atoms with van der Waals surface area (Å²) < 4.78 is 7.44. The van der Waals surface area contributed by atoms with Gasteiger partial charge in [-0.2, -0.15) is 0 Å². The zero-order chi connectivity index (χ0) is 14.8. The van der Waals surface area contributed by atoms with E-state index in [9.17, 15) is 4.79 Å². The number of aromatic nitrogens is 2. The van der Waals surface area contributed by atoms with Gasteiger partial charge in [0.2, 0.25) is 5.91 Å². The van der Waals surface area contributed by atoms with Crippen molar-refractivity contribution in [1.29, 1.82) is 0 Å². The third-order valence-electron chi connectivity index (χ3n) is 3.44. The lowest BCUT2D eigenvalue weighted by molar-refractivity contribution is -0.116. The Kier molecular flexibility index (Phi) is 3.48. The minimum Gasteiger partial charge on any atom is -0.461 e. The molecule has 1 amide bonds. The van der Waals surface area contributed by atoms with Gasteiger partial charge in [0.15, 0.2) is 0 Å². The van der Waals surface area contributed by atoms with Gasteiger partial charge in [0.25, 0.3) is 0 Å². The highest BCUT2D eigenvalue weighted by Crippen LogP contribution is 2.23. The van der Waals surface area contributed by atoms with Crippen molar-refractivity contribution in [2.24, 2.45) is 0 Å². The summed E-state index contributed by atoms with van der Waals surface area (Å²) >= 11 is 0. The van der Waals surface area contributed by atoms with Crippen LogP contribution in [-0.4, -0.2) is 15.5 Å². The Labute approximate surface area is 122 Å². The fourth-order valence-electron chi connectivity index (χ4n) is 2.37. The minimum absolute atomic E-state index is 0.0178. The molecule has 0 bridgehead atoms. The minimum atomic E-state index is -0.0178. The number of anilines is 1. The van der Waals surface area contributed by atoms with E-state index in [1.54, 1.807) is 12.5 Å². The number of rotatable bonds is 4. The number of hydrogen-bond acceptors (Lipinski definition) is 3. The molecule has 0 spiro atoms. The number of fused-ring (bicyclic) bond motifs is 1. The molecule has 3 rings (SSSR count). The number of carbonyl (C=O) groups excluding carboxylic acids is 1. The second-order valence-electron chi connectivity index (χ2n) is 5.22. The quantitative estimate of drug-likeness (QED) is 0.796. The van der Waals surface area contributed by atoms with Crippen molar-refractivity contribution in [2.45, 2.75) is 26.3 Å². The van der Waals surface area contributed by atoms with E-state index in [1.807, 2.05) is 48.9 Å². The van der Waals surface area contributed by atoms with E-state index in [2.05, 4.69) is 10.3 Å². The van der Waals surface area contributed by atoms with Crippen LogP contribution in [0.15, 0.2) is 47.4 Å². The number of furan rings is 1. The summed E-state index contributed by atoms with van der Waals surface area (Å²) in [4.78, 5) is 16.1. The van der Waals surface area contributed by atoms with E-state index in [1.165, 1.54) is 0 Å². The molecule has 3 aromatic rings. The van der Waals surface area contributed by atoms with Gasteiger partial charge in [-0.05, 0) is 38.1 Å². The SMILES string of the molecule is Cc1cc2cc(NC(=O)C[C@@H](C)n3ccnc3)ccc2o1. The van der Waals surface area contributed by atoms with Gasteiger partial charge < -0.3 is 14.3 Å². The van der Waals surface area contributed by atoms with Crippen LogP contribution < -0.4 is 5.32 Å². The van der Waals surface area contributed by atoms with E-state index >= 15 is 0 Å². The van der Waals surface area contributed by atoms with Crippen LogP contribution >= 0.6 is 0 Å². The number of nitrogens with zero attached hydrogens (tertiary/aromatic N) is 2. The first kappa shape index (κ1) is 13.4. The number of nitrogens with one attached hydrogen (secondary N) is 1. The Hall–Kier alpha value is -2.56. The summed E-state index contributed by atoms with van der Waals surface area (Å²) in [6, 6.07) is 7.68. The fraction of sp³-hybridized carbons (Fsp3) is 0.250. The maximum absolute atomic E-state index is 12.1. The highest BCUT2D eigenvalue weighted by atomic mass is 16.3. The third kappa shape index (κ3) is 2.97. The Morgan fingerprint density at radius 1 is 1.43 bits per heavy atom. The van der Waals surface area contributed by atoms with Crippen LogP contribution in [0.4, 0.5) is 5.69 Å². The molecule has 5 heteroatoms. The van der Waals surface area contributed by atoms with Crippen molar-refractivity contribution in [3.63, 3.8) is 0 Å². The molecular weight excluding hydrogens is 266 g/mol. The topological polar surface area (TPSA) is 60.1 Å². The smallest absolute Gasteiger partial charge is 0.226 e. The van der Waals surface area contributed by atoms with Gasteiger partial charge in [-0.1, -0.05) is 0 Å². The van der Waals surface area contributed by atoms with Gasteiger partial charge >= 0.3 is 0 Å². The van der Waals surface area contributed by atoms with Crippen molar-refractivity contribution in [3.8, 4) is 0 Å². The summed E-state index contributed by atoms with van der Waals surface area (Å²) in [7, 11) is 0. The first-order valence-electron chi connectivity index (χ1n) is 6.89. The van der Waals surface area contributed by atoms with Gasteiger partial charge in [0, 0.05) is 35.9 Å². The molecule has 0 fully saturated rings. The molecule has 0 radical (unpaired) electrons. The first-order valence-corrected chi connectivity index (χ1v) is 6.89. The van der Waals surface area contributed by atoms with Crippen molar-refractivity contribution in [2.75, 3.05) is 5.32 Å². The molecule has 1 N–H and O–H groups in total. The Balaban J connectivity index is 1.68. The predicted molar refractivity (Wildman–Crippen MR) is 81.1 cm³/mol. The van der Waals surface area contributed by atoms with Crippen molar-refractivity contribution >= 4 is 22.6 Å². The number of hydrogen-bond donors (Lipinski definition) is 1. The summed E-state index contributed by atoms with van der Waals surface area (Å²) in [5, 5.41) is 3.92. The average Bonchev–Trinajstić information content (AvgIpc) is 3.05. The first-order chi connectivity index (χ1) is 10.1. The molecule has 2 aromatic heterocycles. The maximum Gasteiger partial charge on any atom is 0.226 e. The highest BCUT2D eigenvalue weighted by Gasteiger charge is 2.11. The van der Waals surface area contributed by atoms with Crippen molar-refractivity contribution < 1.29 is 9.21 Å². The number of imidazole rings is 1. The fourth-order valence-corrected chi connectivity index (χ4v) is 2.37. The lowest BCUT2D eigenvalue weighted by atomic mass is 10.2. The third-order valence-corrected chi connectivity index (χ3v) is 3.44. The highest BCUT2D eigenvalue weighted by molar-refractivity contribution is 5.93. The zero-order valence-electron chi connectivity index (χ0n) is 12.0. The normalized spacial score (nSPS) is 12.5. The van der Waals surface area contributed by atoms with E-state index in [0.29, 0.717) is 6.42 Å². The van der Waals surface area contributed by atoms with Crippen LogP contribution in [0.1, 0.15) is 25.1 Å². The van der Waals surface area contributed by atoms with Crippen LogP contribution in [0.25, 0.3) is 11.0 Å². The summed E-state index contributed by atoms with van der Waals surface area (Å²) in [6.07, 6.45) is 5.69. The Morgan fingerprint density at radius 2 is 2.29 bits per heavy atom. The van der Waals surface area contributed by atoms with Crippen LogP contribution in [0.3, 0.4) is 0 Å². The molecule has 5 nitrogen and oxygen atoms in total. The Bertz CT molecular complexity index is 759. The number of amides is 1. The number of aryl methyl sites for hydroxylation is 1. The lowest BCUT2D eigenvalue weighted by Gasteiger charge is -2.12. The molecule has 0 aliphatic heterocycles. The van der Waals surface area contributed by atoms with Gasteiger partial charge in [-0.15, -0.1) is 0 Å². The Morgan fingerprint density at radius 3 is 3.05 bits per heavy atom. The van der Waals surface area contributed by atoms with E-state index in [4.69, 9.17) is 4.42 Å². The standard InChI is InChI=1S/C16H17N3O2/c1-11(19-6-5-17-10-19)7-16(20)18-14-3-4-15-13(9-14)8-12(2)21-15/h3-6,8-11H,7H2,1-2H3,(H,18,20)/t11-/m1/s1. The van der Waals surface area contributed by atoms with Gasteiger partial charge in [-0.25, -0.2) is 4.98 Å². The second-order valence-corrected chi connectivity index (χ2v) is 5.22. The van der Waals surface area contributed by atoms with Crippen LogP contribution in [-0.2, 0) is 4.79 Å². The zero-order valence-corrected chi connectivity index (χ0v) is 12.0. The van der Waals surface area contributed by atoms with Crippen molar-refractivity contribution in [3.05, 3.63) is 48.7 Å². The molecule has 0 aliphatic rings. The summed E-state index contributed by atoms with van der Waals surface area (Å²) in [5.41, 5.74) is 1.61. The van der Waals surface area contributed by atoms with Gasteiger partial charge in [0.05, 0.1) is 6.33 Å². The van der Waals surface area contributed by atoms with Crippen LogP contribution in [0.5, 0.6) is 0 Å². The summed E-state index contributed by atoms with van der Waals surface area (Å²) in [5.74, 6) is 0.845. The molecule has 0 saturated heterocycles. The monoisotopic (exact) mass is 283 g/mol. The van der Waals surface area contributed by atoms with Gasteiger partial charge in [-0.3, -0.25) is 4.79 Å². The largest absolute Gasteiger partial charge is 0.461 e. The summed E-state index contributed by atoms with van der Waals surface area (Å²) in [6.45, 7) is 3.90. The van der Waals surface area contributed by atoms with Gasteiger partial charge in [0.1, 0.15) is 11.3 Å². The van der Waals surface area contributed by atoms with Crippen LogP contribution in [0.2, 0.25) is 0 Å². The number of carbonyl (C=O) groups is 1. The van der Waals surface area contributed by atoms with E-state index in [-0.39, 0.29) is 11.9 Å². The van der Waals surface area contributed by atoms with Crippen LogP contribution in [0, 0.1) is 6.92 Å². The molecule has 0 aliphatic carbocycles. The molecule has 0 unspecified atom stereocenters. The second kappa shape index (κ2) is 5.44. The van der Waals surface area contributed by atoms with Crippen molar-refractivity contribution in [1.82, 2.24) is 9.55 Å². The van der Waals surface area contributed by atoms with E-state index < -0.39 is 0 Å². The molecule has 1 aromatic carbocycles. The lowest BCUT2D eigenvalue weighted by Crippen LogP contribution is -2.16. The maximum atomic E-state index is 12.1. The number of benzene rings is 1. The predicted octanol–water partition coefficient (Wildman–Crippen LogP) is 3.53. The molecule has 1 atom stereocenters. The average molecular weight is 283 g/mol. The molecular formula is C16H17N3O2.